The van der Waals surface area contributed by atoms with Gasteiger partial charge in [-0.05, 0) is 51.5 Å². The molecule has 0 saturated heterocycles. The van der Waals surface area contributed by atoms with Crippen molar-refractivity contribution in [1.29, 1.82) is 0 Å². The van der Waals surface area contributed by atoms with E-state index in [1.165, 1.54) is 16.2 Å². The Hall–Kier alpha value is -3.70. The zero-order valence-electron chi connectivity index (χ0n) is 21.2. The standard InChI is InChI=1S/C26H27N5O4S2/c1-6-35-25(34)22-15(2)17(4)37-23(22)28-21(32)14-36-26-27-20(12-18-13-30(5)29-16(18)3)24(33)31(26)19-10-8-7-9-11-19/h7-13H,6,14H2,1-5H3,(H,28,32)/b20-12+. The zero-order chi connectivity index (χ0) is 26.7. The van der Waals surface area contributed by atoms with Crippen LogP contribution in [0.3, 0.4) is 0 Å². The van der Waals surface area contributed by atoms with Crippen LogP contribution in [-0.2, 0) is 21.4 Å². The van der Waals surface area contributed by atoms with Gasteiger partial charge in [0.2, 0.25) is 5.91 Å². The summed E-state index contributed by atoms with van der Waals surface area (Å²) in [6, 6.07) is 9.17. The lowest BCUT2D eigenvalue weighted by Gasteiger charge is -2.17. The summed E-state index contributed by atoms with van der Waals surface area (Å²) in [5, 5.41) is 8.00. The quantitative estimate of drug-likeness (QED) is 0.346. The summed E-state index contributed by atoms with van der Waals surface area (Å²) in [6.07, 6.45) is 3.53. The number of anilines is 2. The number of ether oxygens (including phenoxy) is 1. The molecule has 0 bridgehead atoms. The van der Waals surface area contributed by atoms with Crippen LogP contribution >= 0.6 is 23.1 Å². The maximum atomic E-state index is 13.3. The van der Waals surface area contributed by atoms with E-state index in [0.717, 1.165) is 33.5 Å². The molecule has 192 valence electrons. The minimum atomic E-state index is -0.464. The van der Waals surface area contributed by atoms with Gasteiger partial charge >= 0.3 is 5.97 Å². The molecule has 0 spiro atoms. The highest BCUT2D eigenvalue weighted by atomic mass is 32.2. The first kappa shape index (κ1) is 26.4. The Bertz CT molecular complexity index is 1420. The van der Waals surface area contributed by atoms with Gasteiger partial charge in [0.1, 0.15) is 10.7 Å². The predicted molar refractivity (Wildman–Crippen MR) is 148 cm³/mol. The Morgan fingerprint density at radius 3 is 2.57 bits per heavy atom. The van der Waals surface area contributed by atoms with Crippen molar-refractivity contribution in [2.75, 3.05) is 22.6 Å². The fourth-order valence-corrected chi connectivity index (χ4v) is 5.64. The number of nitrogens with zero attached hydrogens (tertiary/aromatic N) is 4. The number of rotatable bonds is 7. The Labute approximate surface area is 223 Å². The average molecular weight is 538 g/mol. The van der Waals surface area contributed by atoms with Gasteiger partial charge in [0.25, 0.3) is 5.91 Å². The van der Waals surface area contributed by atoms with Crippen molar-refractivity contribution in [2.45, 2.75) is 27.7 Å². The van der Waals surface area contributed by atoms with Crippen LogP contribution in [0, 0.1) is 20.8 Å². The molecule has 2 aromatic heterocycles. The summed E-state index contributed by atoms with van der Waals surface area (Å²) >= 11 is 2.48. The summed E-state index contributed by atoms with van der Waals surface area (Å²) in [7, 11) is 1.81. The monoisotopic (exact) mass is 537 g/mol. The minimum absolute atomic E-state index is 0.00704. The molecule has 0 unspecified atom stereocenters. The van der Waals surface area contributed by atoms with Crippen LogP contribution < -0.4 is 10.2 Å². The van der Waals surface area contributed by atoms with Gasteiger partial charge < -0.3 is 10.1 Å². The number of para-hydroxylation sites is 1. The number of benzene rings is 1. The van der Waals surface area contributed by atoms with E-state index in [1.807, 2.05) is 64.3 Å². The number of thiophene rings is 1. The highest BCUT2D eigenvalue weighted by Crippen LogP contribution is 2.34. The fourth-order valence-electron chi connectivity index (χ4n) is 3.76. The van der Waals surface area contributed by atoms with Crippen LogP contribution in [0.4, 0.5) is 10.7 Å². The molecular weight excluding hydrogens is 510 g/mol. The molecule has 0 atom stereocenters. The Morgan fingerprint density at radius 2 is 1.92 bits per heavy atom. The Kier molecular flexibility index (Phi) is 7.94. The van der Waals surface area contributed by atoms with Crippen molar-refractivity contribution in [3.8, 4) is 0 Å². The van der Waals surface area contributed by atoms with Gasteiger partial charge in [-0.3, -0.25) is 19.2 Å². The number of amides is 2. The number of aryl methyl sites for hydroxylation is 3. The van der Waals surface area contributed by atoms with Crippen LogP contribution in [-0.4, -0.2) is 45.1 Å². The van der Waals surface area contributed by atoms with Crippen molar-refractivity contribution in [1.82, 2.24) is 9.78 Å². The van der Waals surface area contributed by atoms with Crippen LogP contribution in [0.5, 0.6) is 0 Å². The molecule has 37 heavy (non-hydrogen) atoms. The third-order valence-corrected chi connectivity index (χ3v) is 7.70. The molecule has 0 saturated carbocycles. The van der Waals surface area contributed by atoms with Crippen LogP contribution in [0.25, 0.3) is 6.08 Å². The molecule has 1 aliphatic rings. The van der Waals surface area contributed by atoms with E-state index in [4.69, 9.17) is 4.74 Å². The predicted octanol–water partition coefficient (Wildman–Crippen LogP) is 4.70. The van der Waals surface area contributed by atoms with E-state index in [0.29, 0.717) is 21.4 Å². The molecule has 0 aliphatic carbocycles. The highest BCUT2D eigenvalue weighted by molar-refractivity contribution is 8.14. The SMILES string of the molecule is CCOC(=O)c1c(NC(=O)CSC2=N/C(=C/c3cn(C)nc3C)C(=O)N2c2ccccc2)sc(C)c1C. The maximum Gasteiger partial charge on any atom is 0.341 e. The average Bonchev–Trinajstić information content (AvgIpc) is 3.45. The van der Waals surface area contributed by atoms with Crippen LogP contribution in [0.1, 0.15) is 39.0 Å². The van der Waals surface area contributed by atoms with Crippen molar-refractivity contribution in [2.24, 2.45) is 12.0 Å². The largest absolute Gasteiger partial charge is 0.462 e. The van der Waals surface area contributed by atoms with Gasteiger partial charge in [0.15, 0.2) is 5.17 Å². The third kappa shape index (κ3) is 5.67. The van der Waals surface area contributed by atoms with E-state index in [1.54, 1.807) is 17.7 Å². The number of aromatic nitrogens is 2. The lowest BCUT2D eigenvalue weighted by molar-refractivity contribution is -0.114. The molecule has 2 amide bonds. The normalized spacial score (nSPS) is 14.3. The molecule has 1 aromatic carbocycles. The van der Waals surface area contributed by atoms with E-state index in [9.17, 15) is 14.4 Å². The number of carbonyl (C=O) groups excluding carboxylic acids is 3. The second-order valence-electron chi connectivity index (χ2n) is 8.29. The van der Waals surface area contributed by atoms with E-state index in [-0.39, 0.29) is 29.9 Å². The summed E-state index contributed by atoms with van der Waals surface area (Å²) in [6.45, 7) is 7.57. The molecule has 4 rings (SSSR count). The second kappa shape index (κ2) is 11.1. The maximum absolute atomic E-state index is 13.3. The molecule has 1 aliphatic heterocycles. The van der Waals surface area contributed by atoms with Crippen molar-refractivity contribution in [3.63, 3.8) is 0 Å². The highest BCUT2D eigenvalue weighted by Gasteiger charge is 2.33. The van der Waals surface area contributed by atoms with E-state index >= 15 is 0 Å². The smallest absolute Gasteiger partial charge is 0.341 e. The summed E-state index contributed by atoms with van der Waals surface area (Å²) < 4.78 is 6.85. The van der Waals surface area contributed by atoms with Crippen molar-refractivity contribution >= 4 is 62.8 Å². The minimum Gasteiger partial charge on any atom is -0.462 e. The topological polar surface area (TPSA) is 106 Å². The molecule has 11 heteroatoms. The number of hydrogen-bond acceptors (Lipinski definition) is 8. The first-order valence-electron chi connectivity index (χ1n) is 11.6. The van der Waals surface area contributed by atoms with Crippen molar-refractivity contribution in [3.05, 3.63) is 69.5 Å². The Morgan fingerprint density at radius 1 is 1.19 bits per heavy atom. The number of aliphatic imine (C=N–C) groups is 1. The van der Waals surface area contributed by atoms with Gasteiger partial charge in [-0.2, -0.15) is 5.10 Å². The van der Waals surface area contributed by atoms with Gasteiger partial charge in [0, 0.05) is 23.7 Å². The molecule has 3 heterocycles. The van der Waals surface area contributed by atoms with Gasteiger partial charge in [-0.15, -0.1) is 11.3 Å². The molecule has 3 aromatic rings. The van der Waals surface area contributed by atoms with Gasteiger partial charge in [-0.1, -0.05) is 30.0 Å². The lowest BCUT2D eigenvalue weighted by atomic mass is 10.1. The number of amidine groups is 1. The van der Waals surface area contributed by atoms with Crippen LogP contribution in [0.15, 0.2) is 47.2 Å². The Balaban J connectivity index is 1.56. The van der Waals surface area contributed by atoms with Crippen LogP contribution in [0.2, 0.25) is 0 Å². The molecule has 0 radical (unpaired) electrons. The zero-order valence-corrected chi connectivity index (χ0v) is 22.8. The third-order valence-electron chi connectivity index (χ3n) is 5.64. The van der Waals surface area contributed by atoms with E-state index < -0.39 is 5.97 Å². The summed E-state index contributed by atoms with van der Waals surface area (Å²) in [4.78, 5) is 45.7. The fraction of sp³-hybridized carbons (Fsp3) is 0.269. The summed E-state index contributed by atoms with van der Waals surface area (Å²) in [5.41, 5.74) is 3.65. The molecule has 0 fully saturated rings. The first-order valence-corrected chi connectivity index (χ1v) is 13.4. The lowest BCUT2D eigenvalue weighted by Crippen LogP contribution is -2.31. The molecular formula is C26H27N5O4S2. The number of nitrogens with one attached hydrogen (secondary N) is 1. The van der Waals surface area contributed by atoms with E-state index in [2.05, 4.69) is 15.4 Å². The summed E-state index contributed by atoms with van der Waals surface area (Å²) in [5.74, 6) is -1.08. The number of hydrogen-bond donors (Lipinski definition) is 1. The van der Waals surface area contributed by atoms with Crippen molar-refractivity contribution < 1.29 is 19.1 Å². The van der Waals surface area contributed by atoms with Gasteiger partial charge in [-0.25, -0.2) is 9.79 Å². The molecule has 1 N–H and O–H groups in total. The van der Waals surface area contributed by atoms with Gasteiger partial charge in [0.05, 0.1) is 29.3 Å². The molecule has 9 nitrogen and oxygen atoms in total. The first-order chi connectivity index (χ1) is 17.7. The number of carbonyl (C=O) groups is 3. The number of thioether (sulfide) groups is 1. The number of esters is 1. The second-order valence-corrected chi connectivity index (χ2v) is 10.5.